The molecule has 18 nitrogen and oxygen atoms in total. The van der Waals surface area contributed by atoms with Gasteiger partial charge < -0.3 is 40.5 Å². The van der Waals surface area contributed by atoms with Crippen LogP contribution >= 0.6 is 11.6 Å². The Morgan fingerprint density at radius 1 is 0.634 bits per heavy atom. The molecule has 6 aliphatic rings. The van der Waals surface area contributed by atoms with Crippen LogP contribution in [0.25, 0.3) is 0 Å². The van der Waals surface area contributed by atoms with Crippen LogP contribution in [0, 0.1) is 23.7 Å². The van der Waals surface area contributed by atoms with Crippen molar-refractivity contribution >= 4 is 46.2 Å². The molecule has 384 valence electrons. The van der Waals surface area contributed by atoms with Gasteiger partial charge in [-0.15, -0.1) is 0 Å². The van der Waals surface area contributed by atoms with Gasteiger partial charge in [0, 0.05) is 115 Å². The zero-order valence-electron chi connectivity index (χ0n) is 38.6. The molecule has 8 heterocycles. The van der Waals surface area contributed by atoms with Gasteiger partial charge in [-0.3, -0.25) is 29.3 Å². The van der Waals surface area contributed by atoms with Crippen molar-refractivity contribution in [2.24, 2.45) is 35.1 Å². The van der Waals surface area contributed by atoms with Crippen molar-refractivity contribution < 1.29 is 55.0 Å². The molecule has 25 heteroatoms. The maximum absolute atomic E-state index is 13.9. The zero-order valence-corrected chi connectivity index (χ0v) is 39.3. The highest BCUT2D eigenvalue weighted by atomic mass is 35.5. The van der Waals surface area contributed by atoms with Gasteiger partial charge in [0.2, 0.25) is 0 Å². The molecule has 6 saturated heterocycles. The number of anilines is 2. The number of nitrogens with two attached hydrogens (primary N) is 2. The lowest BCUT2D eigenvalue weighted by molar-refractivity contribution is -0.139. The van der Waals surface area contributed by atoms with E-state index in [0.717, 1.165) is 4.68 Å². The number of morpholine rings is 2. The standard InChI is InChI=1S/C23H27F3N6O3.C19H23ClF3N3O2.C4H5N3O/c24-23(25,26)19-9-18(30-5-7-35-8-6-30)2-1-15(19)10-29-11-16-13-31(14-17(16)12-29)22(34)32-4-3-20(28-32)21(27)33;20-18(27)26-11-14-9-24(10-15(14)12-26)8-13-1-2-16(7-17(13)19(21,22)23)25-3-5-28-6-4-25;5-4(8)3-1-2-6-7-3/h1-4,9,16-17H,5-8,10-14H2,(H2,27,33);1-2,7,14-15H,3-6,8-12H2;1-2H,(H2,5,8)(H,6,7). The Labute approximate surface area is 409 Å². The van der Waals surface area contributed by atoms with Gasteiger partial charge in [0.15, 0.2) is 5.69 Å². The van der Waals surface area contributed by atoms with Crippen molar-refractivity contribution in [3.05, 3.63) is 94.6 Å². The Morgan fingerprint density at radius 2 is 1.08 bits per heavy atom. The lowest BCUT2D eigenvalue weighted by atomic mass is 10.0. The zero-order chi connectivity index (χ0) is 50.6. The molecule has 0 saturated carbocycles. The molecule has 6 fully saturated rings. The van der Waals surface area contributed by atoms with Gasteiger partial charge in [0.05, 0.1) is 37.6 Å². The molecule has 0 aliphatic carbocycles. The van der Waals surface area contributed by atoms with Gasteiger partial charge in [-0.05, 0) is 82.8 Å². The number of H-pyrrole nitrogens is 1. The van der Waals surface area contributed by atoms with E-state index < -0.39 is 40.7 Å². The topological polar surface area (TPSA) is 205 Å². The average molecular weight is 1020 g/mol. The number of primary amides is 2. The largest absolute Gasteiger partial charge is 0.416 e. The normalized spacial score (nSPS) is 22.6. The summed E-state index contributed by atoms with van der Waals surface area (Å²) in [5, 5.41) is 9.40. The predicted molar refractivity (Wildman–Crippen MR) is 247 cm³/mol. The summed E-state index contributed by atoms with van der Waals surface area (Å²) in [6.45, 7) is 9.66. The van der Waals surface area contributed by atoms with Crippen LogP contribution in [0.15, 0.2) is 60.9 Å². The molecule has 5 N–H and O–H groups in total. The van der Waals surface area contributed by atoms with E-state index in [1.165, 1.54) is 36.7 Å². The van der Waals surface area contributed by atoms with Crippen LogP contribution in [-0.2, 0) is 34.9 Å². The van der Waals surface area contributed by atoms with Crippen LogP contribution in [0.2, 0.25) is 0 Å². The Balaban J connectivity index is 0.000000167. The number of amides is 4. The minimum atomic E-state index is -4.44. The third-order valence-electron chi connectivity index (χ3n) is 13.8. The van der Waals surface area contributed by atoms with Gasteiger partial charge in [0.1, 0.15) is 5.69 Å². The number of likely N-dealkylation sites (tertiary alicyclic amines) is 4. The number of aromatic amines is 1. The summed E-state index contributed by atoms with van der Waals surface area (Å²) in [7, 11) is 0. The predicted octanol–water partition coefficient (Wildman–Crippen LogP) is 4.64. The van der Waals surface area contributed by atoms with Crippen LogP contribution in [0.3, 0.4) is 0 Å². The molecule has 0 radical (unpaired) electrons. The fourth-order valence-electron chi connectivity index (χ4n) is 10.3. The number of rotatable bonds is 8. The number of fused-ring (bicyclic) bond motifs is 2. The number of nitrogens with one attached hydrogen (secondary N) is 1. The summed E-state index contributed by atoms with van der Waals surface area (Å²) < 4.78 is 94.6. The molecule has 4 amide bonds. The Morgan fingerprint density at radius 3 is 1.44 bits per heavy atom. The third-order valence-corrected chi connectivity index (χ3v) is 14.0. The van der Waals surface area contributed by atoms with E-state index in [9.17, 15) is 45.5 Å². The number of ether oxygens (including phenoxy) is 2. The summed E-state index contributed by atoms with van der Waals surface area (Å²) in [6, 6.07) is 11.8. The van der Waals surface area contributed by atoms with Crippen molar-refractivity contribution in [1.29, 1.82) is 0 Å². The van der Waals surface area contributed by atoms with Crippen LogP contribution in [-0.4, -0.2) is 168 Å². The first-order valence-corrected chi connectivity index (χ1v) is 23.6. The second kappa shape index (κ2) is 21.8. The molecule has 71 heavy (non-hydrogen) atoms. The highest BCUT2D eigenvalue weighted by molar-refractivity contribution is 6.62. The number of nitrogens with zero attached hydrogens (tertiary/aromatic N) is 9. The van der Waals surface area contributed by atoms with Crippen molar-refractivity contribution in [3.63, 3.8) is 0 Å². The van der Waals surface area contributed by atoms with Crippen molar-refractivity contribution in [1.82, 2.24) is 39.6 Å². The van der Waals surface area contributed by atoms with E-state index in [2.05, 4.69) is 20.2 Å². The van der Waals surface area contributed by atoms with Gasteiger partial charge >= 0.3 is 23.8 Å². The van der Waals surface area contributed by atoms with Gasteiger partial charge in [-0.1, -0.05) is 12.1 Å². The third kappa shape index (κ3) is 12.6. The van der Waals surface area contributed by atoms with Crippen LogP contribution in [0.4, 0.5) is 47.3 Å². The van der Waals surface area contributed by atoms with E-state index in [0.29, 0.717) is 128 Å². The molecule has 0 spiro atoms. The summed E-state index contributed by atoms with van der Waals surface area (Å²) in [5.74, 6) is -0.280. The highest BCUT2D eigenvalue weighted by Gasteiger charge is 2.44. The number of hydrogen-bond donors (Lipinski definition) is 3. The quantitative estimate of drug-likeness (QED) is 0.126. The van der Waals surface area contributed by atoms with E-state index in [1.54, 1.807) is 34.1 Å². The smallest absolute Gasteiger partial charge is 0.378 e. The minimum absolute atomic E-state index is 0.0176. The first-order valence-electron chi connectivity index (χ1n) is 23.2. The molecular formula is C46H55ClF6N12O6. The Hall–Kier alpha value is -5.95. The lowest BCUT2D eigenvalue weighted by Crippen LogP contribution is -2.37. The average Bonchev–Trinajstić information content (AvgIpc) is 4.20. The molecule has 6 aliphatic heterocycles. The fourth-order valence-corrected chi connectivity index (χ4v) is 10.4. The van der Waals surface area contributed by atoms with Gasteiger partial charge in [0.25, 0.3) is 11.8 Å². The summed E-state index contributed by atoms with van der Waals surface area (Å²) >= 11 is 5.55. The number of halogens is 7. The van der Waals surface area contributed by atoms with E-state index >= 15 is 0 Å². The van der Waals surface area contributed by atoms with E-state index in [4.69, 9.17) is 32.5 Å². The minimum Gasteiger partial charge on any atom is -0.378 e. The van der Waals surface area contributed by atoms with Crippen molar-refractivity contribution in [2.75, 3.05) is 115 Å². The molecule has 0 bridgehead atoms. The lowest BCUT2D eigenvalue weighted by Gasteiger charge is -2.30. The Bertz CT molecular complexity index is 2490. The first-order chi connectivity index (χ1) is 33.8. The molecular weight excluding hydrogens is 966 g/mol. The fraction of sp³-hybridized carbons (Fsp3) is 0.522. The SMILES string of the molecule is NC(=O)c1ccn(C(=O)N2CC3CN(Cc4ccc(N5CCOCC5)cc4C(F)(F)F)CC3C2)n1.NC(=O)c1ccn[nH]1.O=C(Cl)N1CC2CN(Cc3ccc(N4CCOCC4)cc3C(F)(F)F)CC2C1. The molecule has 4 aromatic rings. The number of aromatic nitrogens is 4. The summed E-state index contributed by atoms with van der Waals surface area (Å²) in [4.78, 5) is 56.7. The van der Waals surface area contributed by atoms with Gasteiger partial charge in [-0.25, -0.2) is 4.79 Å². The second-order valence-electron chi connectivity index (χ2n) is 18.5. The number of hydrogen-bond acceptors (Lipinski definition) is 12. The molecule has 4 atom stereocenters. The van der Waals surface area contributed by atoms with Crippen molar-refractivity contribution in [3.8, 4) is 0 Å². The number of alkyl halides is 6. The van der Waals surface area contributed by atoms with E-state index in [-0.39, 0.29) is 54.0 Å². The van der Waals surface area contributed by atoms with Gasteiger partial charge in [-0.2, -0.15) is 41.2 Å². The summed E-state index contributed by atoms with van der Waals surface area (Å²) in [5.41, 5.74) is 11.0. The maximum Gasteiger partial charge on any atom is 0.416 e. The molecule has 2 aromatic carbocycles. The Kier molecular flexibility index (Phi) is 15.8. The number of carbonyl (C=O) groups is 4. The maximum atomic E-state index is 13.9. The molecule has 2 aromatic heterocycles. The van der Waals surface area contributed by atoms with Crippen LogP contribution < -0.4 is 21.3 Å². The first kappa shape index (κ1) is 51.4. The van der Waals surface area contributed by atoms with Crippen molar-refractivity contribution in [2.45, 2.75) is 25.4 Å². The number of carbonyl (C=O) groups excluding carboxylic acids is 4. The summed E-state index contributed by atoms with van der Waals surface area (Å²) in [6.07, 6.45) is -5.96. The molecule has 4 unspecified atom stereocenters. The monoisotopic (exact) mass is 1020 g/mol. The highest BCUT2D eigenvalue weighted by Crippen LogP contribution is 2.40. The second-order valence-corrected chi connectivity index (χ2v) is 18.8. The van der Waals surface area contributed by atoms with E-state index in [1.807, 2.05) is 14.7 Å². The molecule has 10 rings (SSSR count). The van der Waals surface area contributed by atoms with Crippen LogP contribution in [0.5, 0.6) is 0 Å². The van der Waals surface area contributed by atoms with Crippen LogP contribution in [0.1, 0.15) is 43.2 Å². The number of benzene rings is 2.